The van der Waals surface area contributed by atoms with Crippen molar-refractivity contribution in [2.24, 2.45) is 5.92 Å². The van der Waals surface area contributed by atoms with Crippen molar-refractivity contribution < 1.29 is 0 Å². The van der Waals surface area contributed by atoms with Crippen molar-refractivity contribution >= 4 is 22.8 Å². The Balaban J connectivity index is 2.27. The van der Waals surface area contributed by atoms with Crippen molar-refractivity contribution in [1.29, 1.82) is 0 Å². The highest BCUT2D eigenvalue weighted by Gasteiger charge is 2.41. The van der Waals surface area contributed by atoms with Gasteiger partial charge in [0, 0.05) is 11.7 Å². The van der Waals surface area contributed by atoms with Gasteiger partial charge in [-0.2, -0.15) is 0 Å². The topological polar surface area (TPSA) is 30.7 Å². The molecule has 2 aromatic heterocycles. The van der Waals surface area contributed by atoms with Crippen molar-refractivity contribution in [3.05, 3.63) is 24.2 Å². The summed E-state index contributed by atoms with van der Waals surface area (Å²) in [5.41, 5.74) is 1.94. The van der Waals surface area contributed by atoms with Crippen LogP contribution in [0, 0.1) is 5.92 Å². The fourth-order valence-corrected chi connectivity index (χ4v) is 2.88. The van der Waals surface area contributed by atoms with E-state index in [9.17, 15) is 0 Å². The Bertz CT molecular complexity index is 582. The molecule has 1 saturated carbocycles. The van der Waals surface area contributed by atoms with Crippen molar-refractivity contribution in [2.75, 3.05) is 0 Å². The smallest absolute Gasteiger partial charge is 0.160 e. The summed E-state index contributed by atoms with van der Waals surface area (Å²) in [6, 6.07) is 3.93. The van der Waals surface area contributed by atoms with Gasteiger partial charge >= 0.3 is 0 Å². The van der Waals surface area contributed by atoms with Gasteiger partial charge in [-0.1, -0.05) is 0 Å². The number of halogens is 1. The normalized spacial score (nSPS) is 18.2. The quantitative estimate of drug-likeness (QED) is 0.787. The zero-order chi connectivity index (χ0) is 12.9. The maximum absolute atomic E-state index is 6.30. The summed E-state index contributed by atoms with van der Waals surface area (Å²) in [6.45, 7) is 6.51. The minimum absolute atomic E-state index is 0.0432. The standard InChI is InChI=1S/C14H18ClN3/c1-9(15)12-17-11-5-4-8-16-13(11)18(12)14(2,3)10-6-7-10/h4-5,8-10H,6-7H2,1-3H3. The van der Waals surface area contributed by atoms with E-state index in [0.29, 0.717) is 5.92 Å². The lowest BCUT2D eigenvalue weighted by Gasteiger charge is -2.29. The summed E-state index contributed by atoms with van der Waals surface area (Å²) < 4.78 is 2.25. The molecule has 1 aliphatic carbocycles. The second kappa shape index (κ2) is 3.95. The fourth-order valence-electron chi connectivity index (χ4n) is 2.74. The third-order valence-corrected chi connectivity index (χ3v) is 4.15. The molecule has 0 saturated heterocycles. The highest BCUT2D eigenvalue weighted by Crippen LogP contribution is 2.46. The maximum Gasteiger partial charge on any atom is 0.160 e. The summed E-state index contributed by atoms with van der Waals surface area (Å²) in [7, 11) is 0. The van der Waals surface area contributed by atoms with Gasteiger partial charge in [0.1, 0.15) is 11.3 Å². The molecule has 0 bridgehead atoms. The Kier molecular flexibility index (Phi) is 2.63. The van der Waals surface area contributed by atoms with Crippen LogP contribution in [0.4, 0.5) is 0 Å². The first-order valence-electron chi connectivity index (χ1n) is 6.49. The zero-order valence-corrected chi connectivity index (χ0v) is 11.8. The number of hydrogen-bond acceptors (Lipinski definition) is 2. The number of fused-ring (bicyclic) bond motifs is 1. The largest absolute Gasteiger partial charge is 0.306 e. The van der Waals surface area contributed by atoms with Crippen LogP contribution in [-0.2, 0) is 5.54 Å². The number of nitrogens with zero attached hydrogens (tertiary/aromatic N) is 3. The summed E-state index contributed by atoms with van der Waals surface area (Å²) >= 11 is 6.30. The second-order valence-corrected chi connectivity index (χ2v) is 6.35. The van der Waals surface area contributed by atoms with Crippen LogP contribution >= 0.6 is 11.6 Å². The van der Waals surface area contributed by atoms with E-state index < -0.39 is 0 Å². The molecule has 96 valence electrons. The molecule has 3 nitrogen and oxygen atoms in total. The lowest BCUT2D eigenvalue weighted by molar-refractivity contribution is 0.302. The zero-order valence-electron chi connectivity index (χ0n) is 11.0. The average molecular weight is 264 g/mol. The third kappa shape index (κ3) is 1.72. The van der Waals surface area contributed by atoms with E-state index in [4.69, 9.17) is 11.6 Å². The number of rotatable bonds is 3. The molecule has 0 spiro atoms. The number of imidazole rings is 1. The van der Waals surface area contributed by atoms with Gasteiger partial charge in [0.2, 0.25) is 0 Å². The van der Waals surface area contributed by atoms with Gasteiger partial charge in [-0.05, 0) is 51.7 Å². The van der Waals surface area contributed by atoms with E-state index in [-0.39, 0.29) is 10.9 Å². The third-order valence-electron chi connectivity index (χ3n) is 3.95. The summed E-state index contributed by atoms with van der Waals surface area (Å²) in [4.78, 5) is 9.16. The molecule has 1 fully saturated rings. The Hall–Kier alpha value is -1.09. The van der Waals surface area contributed by atoms with Crippen LogP contribution in [0.5, 0.6) is 0 Å². The molecule has 2 aromatic rings. The van der Waals surface area contributed by atoms with Gasteiger partial charge < -0.3 is 4.57 Å². The molecule has 0 amide bonds. The Morgan fingerprint density at radius 2 is 2.17 bits per heavy atom. The molecule has 0 radical (unpaired) electrons. The molecule has 1 atom stereocenters. The first kappa shape index (κ1) is 12.0. The van der Waals surface area contributed by atoms with Crippen LogP contribution in [0.2, 0.25) is 0 Å². The average Bonchev–Trinajstić information content (AvgIpc) is 3.09. The summed E-state index contributed by atoms with van der Waals surface area (Å²) in [6.07, 6.45) is 4.40. The monoisotopic (exact) mass is 263 g/mol. The van der Waals surface area contributed by atoms with Crippen molar-refractivity contribution in [2.45, 2.75) is 44.5 Å². The van der Waals surface area contributed by atoms with Crippen LogP contribution in [0.3, 0.4) is 0 Å². The van der Waals surface area contributed by atoms with Gasteiger partial charge in [0.05, 0.1) is 5.38 Å². The van der Waals surface area contributed by atoms with Gasteiger partial charge in [0.15, 0.2) is 5.65 Å². The fraction of sp³-hybridized carbons (Fsp3) is 0.571. The molecule has 4 heteroatoms. The van der Waals surface area contributed by atoms with Gasteiger partial charge in [-0.25, -0.2) is 9.97 Å². The van der Waals surface area contributed by atoms with E-state index >= 15 is 0 Å². The lowest BCUT2D eigenvalue weighted by Crippen LogP contribution is -2.30. The SMILES string of the molecule is CC(Cl)c1nc2cccnc2n1C(C)(C)C1CC1. The molecule has 0 aromatic carbocycles. The predicted octanol–water partition coefficient (Wildman–Crippen LogP) is 3.88. The molecular formula is C14H18ClN3. The second-order valence-electron chi connectivity index (χ2n) is 5.70. The first-order chi connectivity index (χ1) is 8.51. The van der Waals surface area contributed by atoms with E-state index in [1.807, 2.05) is 25.3 Å². The van der Waals surface area contributed by atoms with E-state index in [2.05, 4.69) is 28.4 Å². The van der Waals surface area contributed by atoms with E-state index in [1.165, 1.54) is 12.8 Å². The van der Waals surface area contributed by atoms with Gasteiger partial charge in [-0.15, -0.1) is 11.6 Å². The predicted molar refractivity (Wildman–Crippen MR) is 73.8 cm³/mol. The van der Waals surface area contributed by atoms with Crippen LogP contribution in [0.25, 0.3) is 11.2 Å². The molecule has 1 unspecified atom stereocenters. The number of pyridine rings is 1. The number of alkyl halides is 1. The van der Waals surface area contributed by atoms with Gasteiger partial charge in [0.25, 0.3) is 0 Å². The van der Waals surface area contributed by atoms with E-state index in [0.717, 1.165) is 17.0 Å². The minimum atomic E-state index is -0.0998. The molecule has 18 heavy (non-hydrogen) atoms. The minimum Gasteiger partial charge on any atom is -0.306 e. The van der Waals surface area contributed by atoms with Crippen LogP contribution in [0.1, 0.15) is 44.8 Å². The van der Waals surface area contributed by atoms with Crippen LogP contribution in [-0.4, -0.2) is 14.5 Å². The number of hydrogen-bond donors (Lipinski definition) is 0. The first-order valence-corrected chi connectivity index (χ1v) is 6.93. The maximum atomic E-state index is 6.30. The van der Waals surface area contributed by atoms with Gasteiger partial charge in [-0.3, -0.25) is 0 Å². The van der Waals surface area contributed by atoms with Crippen LogP contribution in [0.15, 0.2) is 18.3 Å². The summed E-state index contributed by atoms with van der Waals surface area (Å²) in [5, 5.41) is -0.0998. The molecule has 0 N–H and O–H groups in total. The van der Waals surface area contributed by atoms with E-state index in [1.54, 1.807) is 0 Å². The molecule has 3 rings (SSSR count). The van der Waals surface area contributed by atoms with Crippen LogP contribution < -0.4 is 0 Å². The summed E-state index contributed by atoms with van der Waals surface area (Å²) in [5.74, 6) is 1.65. The molecule has 2 heterocycles. The Labute approximate surface area is 112 Å². The van der Waals surface area contributed by atoms with Crippen molar-refractivity contribution in [1.82, 2.24) is 14.5 Å². The van der Waals surface area contributed by atoms with Crippen molar-refractivity contribution in [3.63, 3.8) is 0 Å². The lowest BCUT2D eigenvalue weighted by atomic mass is 9.98. The molecule has 0 aliphatic heterocycles. The molecular weight excluding hydrogens is 246 g/mol. The Morgan fingerprint density at radius 3 is 2.78 bits per heavy atom. The highest BCUT2D eigenvalue weighted by molar-refractivity contribution is 6.20. The highest BCUT2D eigenvalue weighted by atomic mass is 35.5. The number of aromatic nitrogens is 3. The molecule has 1 aliphatic rings. The Morgan fingerprint density at radius 1 is 1.44 bits per heavy atom. The van der Waals surface area contributed by atoms with Crippen molar-refractivity contribution in [3.8, 4) is 0 Å².